The Morgan fingerprint density at radius 2 is 1.86 bits per heavy atom. The third-order valence-corrected chi connectivity index (χ3v) is 3.86. The molecule has 112 valence electrons. The number of benzene rings is 2. The fourth-order valence-corrected chi connectivity index (χ4v) is 2.59. The third kappa shape index (κ3) is 3.91. The molecule has 0 aromatic heterocycles. The summed E-state index contributed by atoms with van der Waals surface area (Å²) >= 11 is 3.42. The average Bonchev–Trinajstić information content (AvgIpc) is 2.48. The summed E-state index contributed by atoms with van der Waals surface area (Å²) in [6, 6.07) is 12.0. The van der Waals surface area contributed by atoms with Crippen molar-refractivity contribution in [3.05, 3.63) is 52.0 Å². The molecule has 0 spiro atoms. The molecule has 0 aliphatic rings. The number of rotatable bonds is 5. The number of ether oxygens (including phenoxy) is 1. The summed E-state index contributed by atoms with van der Waals surface area (Å²) in [7, 11) is 1.54. The molecule has 0 saturated carbocycles. The lowest BCUT2D eigenvalue weighted by Gasteiger charge is -2.12. The van der Waals surface area contributed by atoms with E-state index < -0.39 is 0 Å². The van der Waals surface area contributed by atoms with Gasteiger partial charge in [0.15, 0.2) is 11.5 Å². The molecule has 4 heteroatoms. The number of hydrogen-bond acceptors (Lipinski definition) is 3. The first kappa shape index (κ1) is 15.7. The van der Waals surface area contributed by atoms with E-state index in [1.165, 1.54) is 5.56 Å². The Balaban J connectivity index is 2.11. The van der Waals surface area contributed by atoms with Gasteiger partial charge in [0, 0.05) is 22.3 Å². The zero-order chi connectivity index (χ0) is 15.4. The Bertz CT molecular complexity index is 609. The van der Waals surface area contributed by atoms with E-state index in [0.29, 0.717) is 18.2 Å². The van der Waals surface area contributed by atoms with Gasteiger partial charge in [-0.25, -0.2) is 0 Å². The van der Waals surface area contributed by atoms with Crippen molar-refractivity contribution in [2.75, 3.05) is 12.4 Å². The minimum atomic E-state index is 0.173. The van der Waals surface area contributed by atoms with E-state index in [-0.39, 0.29) is 5.75 Å². The summed E-state index contributed by atoms with van der Waals surface area (Å²) in [6.07, 6.45) is 0. The van der Waals surface area contributed by atoms with Gasteiger partial charge in [0.2, 0.25) is 0 Å². The van der Waals surface area contributed by atoms with Crippen molar-refractivity contribution < 1.29 is 9.84 Å². The predicted octanol–water partition coefficient (Wildman–Crippen LogP) is 4.90. The van der Waals surface area contributed by atoms with Crippen molar-refractivity contribution in [1.29, 1.82) is 0 Å². The van der Waals surface area contributed by atoms with Crippen molar-refractivity contribution in [2.45, 2.75) is 26.3 Å². The van der Waals surface area contributed by atoms with Gasteiger partial charge in [0.1, 0.15) is 0 Å². The molecule has 0 atom stereocenters. The second-order valence-corrected chi connectivity index (χ2v) is 6.16. The number of aromatic hydroxyl groups is 1. The summed E-state index contributed by atoms with van der Waals surface area (Å²) in [5.41, 5.74) is 3.12. The minimum Gasteiger partial charge on any atom is -0.504 e. The van der Waals surface area contributed by atoms with Crippen LogP contribution < -0.4 is 10.1 Å². The van der Waals surface area contributed by atoms with Crippen LogP contribution in [-0.4, -0.2) is 12.2 Å². The molecule has 0 fully saturated rings. The number of methoxy groups -OCH3 is 1. The summed E-state index contributed by atoms with van der Waals surface area (Å²) < 4.78 is 6.03. The summed E-state index contributed by atoms with van der Waals surface area (Å²) in [5, 5.41) is 13.4. The van der Waals surface area contributed by atoms with Gasteiger partial charge in [-0.1, -0.05) is 41.9 Å². The van der Waals surface area contributed by atoms with Crippen LogP contribution in [0, 0.1) is 0 Å². The topological polar surface area (TPSA) is 41.5 Å². The normalized spacial score (nSPS) is 10.7. The zero-order valence-electron chi connectivity index (χ0n) is 12.5. The molecule has 2 aromatic rings. The van der Waals surface area contributed by atoms with E-state index in [0.717, 1.165) is 15.7 Å². The second kappa shape index (κ2) is 6.85. The van der Waals surface area contributed by atoms with Crippen LogP contribution in [-0.2, 0) is 6.54 Å². The maximum absolute atomic E-state index is 10.1. The summed E-state index contributed by atoms with van der Waals surface area (Å²) in [4.78, 5) is 0. The first-order valence-corrected chi connectivity index (χ1v) is 7.69. The predicted molar refractivity (Wildman–Crippen MR) is 90.2 cm³/mol. The standard InChI is InChI=1S/C17H20BrNO2/c1-11(2)12-4-6-15(7-5-12)19-10-13-8-14(18)9-16(21-3)17(13)20/h4-9,11,19-20H,10H2,1-3H3. The van der Waals surface area contributed by atoms with Gasteiger partial charge in [-0.3, -0.25) is 0 Å². The molecule has 0 saturated heterocycles. The van der Waals surface area contributed by atoms with Gasteiger partial charge < -0.3 is 15.2 Å². The van der Waals surface area contributed by atoms with E-state index in [1.807, 2.05) is 6.07 Å². The SMILES string of the molecule is COc1cc(Br)cc(CNc2ccc(C(C)C)cc2)c1O. The summed E-state index contributed by atoms with van der Waals surface area (Å²) in [6.45, 7) is 4.88. The van der Waals surface area contributed by atoms with Gasteiger partial charge in [0.25, 0.3) is 0 Å². The third-order valence-electron chi connectivity index (χ3n) is 3.40. The van der Waals surface area contributed by atoms with Crippen LogP contribution in [0.3, 0.4) is 0 Å². The Hall–Kier alpha value is -1.68. The van der Waals surface area contributed by atoms with Crippen molar-refractivity contribution in [3.63, 3.8) is 0 Å². The van der Waals surface area contributed by atoms with Gasteiger partial charge in [0.05, 0.1) is 7.11 Å². The number of phenols is 1. The van der Waals surface area contributed by atoms with Crippen LogP contribution in [0.4, 0.5) is 5.69 Å². The molecule has 0 amide bonds. The molecule has 2 N–H and O–H groups in total. The smallest absolute Gasteiger partial charge is 0.162 e. The van der Waals surface area contributed by atoms with Crippen LogP contribution in [0.5, 0.6) is 11.5 Å². The van der Waals surface area contributed by atoms with E-state index in [1.54, 1.807) is 13.2 Å². The minimum absolute atomic E-state index is 0.173. The first-order chi connectivity index (χ1) is 10.0. The zero-order valence-corrected chi connectivity index (χ0v) is 14.1. The number of hydrogen-bond donors (Lipinski definition) is 2. The molecule has 0 radical (unpaired) electrons. The van der Waals surface area contributed by atoms with Crippen molar-refractivity contribution in [3.8, 4) is 11.5 Å². The fraction of sp³-hybridized carbons (Fsp3) is 0.294. The van der Waals surface area contributed by atoms with Crippen molar-refractivity contribution in [1.82, 2.24) is 0 Å². The van der Waals surface area contributed by atoms with Gasteiger partial charge in [-0.2, -0.15) is 0 Å². The van der Waals surface area contributed by atoms with E-state index in [4.69, 9.17) is 4.74 Å². The number of anilines is 1. The highest BCUT2D eigenvalue weighted by Gasteiger charge is 2.09. The van der Waals surface area contributed by atoms with Crippen molar-refractivity contribution >= 4 is 21.6 Å². The lowest BCUT2D eigenvalue weighted by molar-refractivity contribution is 0.370. The first-order valence-electron chi connectivity index (χ1n) is 6.90. The van der Waals surface area contributed by atoms with Crippen LogP contribution in [0.25, 0.3) is 0 Å². The highest BCUT2D eigenvalue weighted by molar-refractivity contribution is 9.10. The van der Waals surface area contributed by atoms with Crippen LogP contribution in [0.2, 0.25) is 0 Å². The Labute approximate surface area is 134 Å². The molecule has 2 aromatic carbocycles. The highest BCUT2D eigenvalue weighted by Crippen LogP contribution is 2.34. The molecular formula is C17H20BrNO2. The van der Waals surface area contributed by atoms with Crippen molar-refractivity contribution in [2.24, 2.45) is 0 Å². The maximum atomic E-state index is 10.1. The van der Waals surface area contributed by atoms with E-state index in [9.17, 15) is 5.11 Å². The number of phenolic OH excluding ortho intramolecular Hbond substituents is 1. The molecule has 0 unspecified atom stereocenters. The maximum Gasteiger partial charge on any atom is 0.162 e. The van der Waals surface area contributed by atoms with Crippen LogP contribution in [0.1, 0.15) is 30.9 Å². The Kier molecular flexibility index (Phi) is 5.12. The number of nitrogens with one attached hydrogen (secondary N) is 1. The Morgan fingerprint density at radius 1 is 1.19 bits per heavy atom. The van der Waals surface area contributed by atoms with Crippen LogP contribution in [0.15, 0.2) is 40.9 Å². The second-order valence-electron chi connectivity index (χ2n) is 5.25. The molecule has 0 heterocycles. The molecule has 0 bridgehead atoms. The highest BCUT2D eigenvalue weighted by atomic mass is 79.9. The van der Waals surface area contributed by atoms with Crippen LogP contribution >= 0.6 is 15.9 Å². The van der Waals surface area contributed by atoms with E-state index >= 15 is 0 Å². The van der Waals surface area contributed by atoms with Gasteiger partial charge in [-0.05, 0) is 35.7 Å². The fourth-order valence-electron chi connectivity index (χ4n) is 2.10. The number of halogens is 1. The van der Waals surface area contributed by atoms with E-state index in [2.05, 4.69) is 59.4 Å². The van der Waals surface area contributed by atoms with Gasteiger partial charge >= 0.3 is 0 Å². The average molecular weight is 350 g/mol. The summed E-state index contributed by atoms with van der Waals surface area (Å²) in [5.74, 6) is 1.17. The molecular weight excluding hydrogens is 330 g/mol. The molecule has 3 nitrogen and oxygen atoms in total. The largest absolute Gasteiger partial charge is 0.504 e. The molecule has 2 rings (SSSR count). The Morgan fingerprint density at radius 3 is 2.43 bits per heavy atom. The van der Waals surface area contributed by atoms with Gasteiger partial charge in [-0.15, -0.1) is 0 Å². The molecule has 0 aliphatic heterocycles. The lowest BCUT2D eigenvalue weighted by Crippen LogP contribution is -2.01. The molecule has 21 heavy (non-hydrogen) atoms. The monoisotopic (exact) mass is 349 g/mol. The quantitative estimate of drug-likeness (QED) is 0.806. The lowest BCUT2D eigenvalue weighted by atomic mass is 10.0. The molecule has 0 aliphatic carbocycles.